The Morgan fingerprint density at radius 2 is 1.72 bits per heavy atom. The molecule has 29 heavy (non-hydrogen) atoms. The monoisotopic (exact) mass is 408 g/mol. The molecular weight excluding hydrogens is 385 g/mol. The molecule has 1 fully saturated rings. The van der Waals surface area contributed by atoms with E-state index in [1.54, 1.807) is 31.2 Å². The Balaban J connectivity index is 1.64. The molecule has 3 unspecified atom stereocenters. The van der Waals surface area contributed by atoms with E-state index in [2.05, 4.69) is 15.4 Å². The van der Waals surface area contributed by atoms with Crippen LogP contribution in [0.15, 0.2) is 48.5 Å². The van der Waals surface area contributed by atoms with Gasteiger partial charge in [0.25, 0.3) is 0 Å². The number of urea groups is 1. The van der Waals surface area contributed by atoms with Crippen molar-refractivity contribution in [3.8, 4) is 5.75 Å². The van der Waals surface area contributed by atoms with E-state index in [1.165, 1.54) is 24.3 Å². The smallest absolute Gasteiger partial charge is 0.387 e. The zero-order chi connectivity index (χ0) is 20.8. The number of amides is 2. The molecule has 0 bridgehead atoms. The van der Waals surface area contributed by atoms with Gasteiger partial charge in [0.15, 0.2) is 0 Å². The molecule has 1 heterocycles. The van der Waals surface area contributed by atoms with Crippen LogP contribution < -0.4 is 15.4 Å². The summed E-state index contributed by atoms with van der Waals surface area (Å²) in [5.74, 6) is -0.299. The number of halogens is 3. The number of carbonyl (C=O) groups is 1. The Hall–Kier alpha value is -2.74. The minimum atomic E-state index is -2.89. The molecule has 3 rings (SSSR count). The molecule has 8 heteroatoms. The predicted molar refractivity (Wildman–Crippen MR) is 101 cm³/mol. The van der Waals surface area contributed by atoms with Gasteiger partial charge in [0, 0.05) is 6.61 Å². The maximum atomic E-state index is 13.3. The van der Waals surface area contributed by atoms with Crippen LogP contribution in [0.25, 0.3) is 0 Å². The lowest BCUT2D eigenvalue weighted by molar-refractivity contribution is -0.0498. The number of benzene rings is 2. The second-order valence-corrected chi connectivity index (χ2v) is 6.87. The van der Waals surface area contributed by atoms with E-state index in [0.29, 0.717) is 6.61 Å². The zero-order valence-electron chi connectivity index (χ0n) is 15.9. The molecule has 2 aromatic rings. The topological polar surface area (TPSA) is 59.6 Å². The van der Waals surface area contributed by atoms with Crippen LogP contribution in [0.1, 0.15) is 43.0 Å². The van der Waals surface area contributed by atoms with Crippen LogP contribution in [0.5, 0.6) is 5.75 Å². The second kappa shape index (κ2) is 9.65. The lowest BCUT2D eigenvalue weighted by atomic mass is 9.99. The summed E-state index contributed by atoms with van der Waals surface area (Å²) in [6.45, 7) is -0.486. The molecule has 5 nitrogen and oxygen atoms in total. The molecule has 2 amide bonds. The second-order valence-electron chi connectivity index (χ2n) is 6.87. The van der Waals surface area contributed by atoms with E-state index < -0.39 is 18.7 Å². The molecule has 0 saturated carbocycles. The Morgan fingerprint density at radius 3 is 2.31 bits per heavy atom. The number of rotatable bonds is 7. The average molecular weight is 408 g/mol. The summed E-state index contributed by atoms with van der Waals surface area (Å²) >= 11 is 0. The first-order chi connectivity index (χ1) is 13.9. The number of hydrogen-bond acceptors (Lipinski definition) is 3. The first kappa shape index (κ1) is 21.0. The van der Waals surface area contributed by atoms with Crippen molar-refractivity contribution >= 4 is 6.03 Å². The van der Waals surface area contributed by atoms with Crippen LogP contribution in [-0.2, 0) is 4.74 Å². The third kappa shape index (κ3) is 5.87. The van der Waals surface area contributed by atoms with Gasteiger partial charge in [-0.2, -0.15) is 8.78 Å². The number of ether oxygens (including phenoxy) is 2. The minimum absolute atomic E-state index is 0.0511. The lowest BCUT2D eigenvalue weighted by Crippen LogP contribution is -2.43. The molecule has 1 saturated heterocycles. The fraction of sp³-hybridized carbons (Fsp3) is 0.381. The Kier molecular flexibility index (Phi) is 6.98. The number of alkyl halides is 2. The quantitative estimate of drug-likeness (QED) is 0.698. The Morgan fingerprint density at radius 1 is 1.07 bits per heavy atom. The van der Waals surface area contributed by atoms with Crippen LogP contribution >= 0.6 is 0 Å². The highest BCUT2D eigenvalue weighted by molar-refractivity contribution is 5.75. The van der Waals surface area contributed by atoms with Gasteiger partial charge in [0.1, 0.15) is 11.6 Å². The van der Waals surface area contributed by atoms with Gasteiger partial charge in [0.2, 0.25) is 0 Å². The summed E-state index contributed by atoms with van der Waals surface area (Å²) in [6.07, 6.45) is 1.51. The molecule has 2 aromatic carbocycles. The average Bonchev–Trinajstić information content (AvgIpc) is 3.21. The van der Waals surface area contributed by atoms with Crippen molar-refractivity contribution in [1.82, 2.24) is 10.6 Å². The summed E-state index contributed by atoms with van der Waals surface area (Å²) in [4.78, 5) is 12.6. The van der Waals surface area contributed by atoms with Crippen molar-refractivity contribution in [2.24, 2.45) is 0 Å². The van der Waals surface area contributed by atoms with E-state index in [9.17, 15) is 18.0 Å². The van der Waals surface area contributed by atoms with Crippen molar-refractivity contribution in [2.45, 2.75) is 44.6 Å². The van der Waals surface area contributed by atoms with Crippen molar-refractivity contribution in [1.29, 1.82) is 0 Å². The van der Waals surface area contributed by atoms with Gasteiger partial charge < -0.3 is 20.1 Å². The van der Waals surface area contributed by atoms with Gasteiger partial charge in [-0.3, -0.25) is 0 Å². The third-order valence-electron chi connectivity index (χ3n) is 4.81. The summed E-state index contributed by atoms with van der Waals surface area (Å²) < 4.78 is 47.8. The van der Waals surface area contributed by atoms with Gasteiger partial charge in [-0.25, -0.2) is 9.18 Å². The number of carbonyl (C=O) groups excluding carboxylic acids is 1. The van der Waals surface area contributed by atoms with Gasteiger partial charge in [-0.1, -0.05) is 24.3 Å². The van der Waals surface area contributed by atoms with Crippen LogP contribution in [-0.4, -0.2) is 25.4 Å². The van der Waals surface area contributed by atoms with Crippen LogP contribution in [0, 0.1) is 5.82 Å². The van der Waals surface area contributed by atoms with Gasteiger partial charge in [0.05, 0.1) is 18.2 Å². The molecule has 1 aliphatic heterocycles. The molecule has 0 spiro atoms. The molecular formula is C21H23F3N2O3. The van der Waals surface area contributed by atoms with Crippen LogP contribution in [0.2, 0.25) is 0 Å². The summed E-state index contributed by atoms with van der Waals surface area (Å²) in [5.41, 5.74) is 1.49. The van der Waals surface area contributed by atoms with E-state index in [1.807, 2.05) is 0 Å². The fourth-order valence-electron chi connectivity index (χ4n) is 3.33. The SMILES string of the molecule is CC(NC(=O)NC(c1ccc(F)cc1)C1CCCO1)c1ccc(OC(F)F)cc1. The highest BCUT2D eigenvalue weighted by Crippen LogP contribution is 2.27. The fourth-order valence-corrected chi connectivity index (χ4v) is 3.33. The van der Waals surface area contributed by atoms with E-state index in [0.717, 1.165) is 24.0 Å². The standard InChI is InChI=1S/C21H23F3N2O3/c1-13(14-6-10-17(11-7-14)29-20(23)24)25-21(27)26-19(18-3-2-12-28-18)15-4-8-16(22)9-5-15/h4-11,13,18-20H,2-3,12H2,1H3,(H2,25,26,27). The minimum Gasteiger partial charge on any atom is -0.435 e. The predicted octanol–water partition coefficient (Wildman–Crippen LogP) is 4.71. The third-order valence-corrected chi connectivity index (χ3v) is 4.81. The van der Waals surface area contributed by atoms with Crippen molar-refractivity contribution in [3.05, 3.63) is 65.5 Å². The van der Waals surface area contributed by atoms with Crippen molar-refractivity contribution in [2.75, 3.05) is 6.61 Å². The highest BCUT2D eigenvalue weighted by atomic mass is 19.3. The van der Waals surface area contributed by atoms with E-state index >= 15 is 0 Å². The molecule has 3 atom stereocenters. The van der Waals surface area contributed by atoms with E-state index in [4.69, 9.17) is 4.74 Å². The molecule has 2 N–H and O–H groups in total. The lowest BCUT2D eigenvalue weighted by Gasteiger charge is -2.26. The van der Waals surface area contributed by atoms with Gasteiger partial charge >= 0.3 is 12.6 Å². The molecule has 1 aliphatic rings. The van der Waals surface area contributed by atoms with Gasteiger partial charge in [-0.15, -0.1) is 0 Å². The number of hydrogen-bond donors (Lipinski definition) is 2. The normalized spacial score (nSPS) is 18.3. The van der Waals surface area contributed by atoms with Crippen molar-refractivity contribution in [3.63, 3.8) is 0 Å². The highest BCUT2D eigenvalue weighted by Gasteiger charge is 2.29. The molecule has 0 aromatic heterocycles. The Labute approximate surface area is 167 Å². The van der Waals surface area contributed by atoms with Crippen molar-refractivity contribution < 1.29 is 27.4 Å². The first-order valence-corrected chi connectivity index (χ1v) is 9.41. The summed E-state index contributed by atoms with van der Waals surface area (Å²) in [5, 5.41) is 5.73. The molecule has 0 radical (unpaired) electrons. The van der Waals surface area contributed by atoms with Crippen LogP contribution in [0.4, 0.5) is 18.0 Å². The maximum absolute atomic E-state index is 13.3. The summed E-state index contributed by atoms with van der Waals surface area (Å²) in [7, 11) is 0. The zero-order valence-corrected chi connectivity index (χ0v) is 15.9. The Bertz CT molecular complexity index is 794. The van der Waals surface area contributed by atoms with E-state index in [-0.39, 0.29) is 23.7 Å². The largest absolute Gasteiger partial charge is 0.435 e. The van der Waals surface area contributed by atoms with Gasteiger partial charge in [-0.05, 0) is 55.2 Å². The first-order valence-electron chi connectivity index (χ1n) is 9.41. The number of nitrogens with one attached hydrogen (secondary N) is 2. The van der Waals surface area contributed by atoms with Crippen LogP contribution in [0.3, 0.4) is 0 Å². The molecule has 0 aliphatic carbocycles. The summed E-state index contributed by atoms with van der Waals surface area (Å²) in [6, 6.07) is 10.8. The molecule has 156 valence electrons. The maximum Gasteiger partial charge on any atom is 0.387 e.